The maximum Gasteiger partial charge on any atom is 0.253 e. The van der Waals surface area contributed by atoms with Crippen LogP contribution in [-0.2, 0) is 16.6 Å². The molecule has 1 aromatic heterocycles. The summed E-state index contributed by atoms with van der Waals surface area (Å²) in [6.07, 6.45) is 3.60. The van der Waals surface area contributed by atoms with Gasteiger partial charge in [0.2, 0.25) is 10.0 Å². The van der Waals surface area contributed by atoms with Crippen molar-refractivity contribution in [2.45, 2.75) is 32.2 Å². The van der Waals surface area contributed by atoms with Crippen LogP contribution in [0.4, 0.5) is 0 Å². The molecule has 164 valence electrons. The zero-order valence-corrected chi connectivity index (χ0v) is 19.1. The first-order valence-electron chi connectivity index (χ1n) is 10.2. The van der Waals surface area contributed by atoms with Crippen LogP contribution >= 0.6 is 0 Å². The molecule has 0 radical (unpaired) electrons. The highest BCUT2D eigenvalue weighted by molar-refractivity contribution is 7.89. The third kappa shape index (κ3) is 4.86. The van der Waals surface area contributed by atoms with Crippen molar-refractivity contribution < 1.29 is 13.2 Å². The summed E-state index contributed by atoms with van der Waals surface area (Å²) in [5.74, 6) is -0.247. The maximum atomic E-state index is 13.0. The van der Waals surface area contributed by atoms with Gasteiger partial charge in [0.05, 0.1) is 16.8 Å². The number of carbonyl (C=O) groups excluding carboxylic acids is 1. The molecule has 1 amide bonds. The van der Waals surface area contributed by atoms with Crippen molar-refractivity contribution in [2.75, 3.05) is 20.1 Å². The average molecular weight is 441 g/mol. The minimum atomic E-state index is -3.65. The van der Waals surface area contributed by atoms with Crippen LogP contribution in [0.25, 0.3) is 5.69 Å². The highest BCUT2D eigenvalue weighted by atomic mass is 32.2. The van der Waals surface area contributed by atoms with Gasteiger partial charge >= 0.3 is 0 Å². The molecule has 2 aromatic carbocycles. The highest BCUT2D eigenvalue weighted by Crippen LogP contribution is 2.22. The van der Waals surface area contributed by atoms with Crippen molar-refractivity contribution in [3.63, 3.8) is 0 Å². The normalized spacial score (nSPS) is 11.6. The first-order chi connectivity index (χ1) is 14.8. The van der Waals surface area contributed by atoms with E-state index in [0.717, 1.165) is 11.3 Å². The van der Waals surface area contributed by atoms with Crippen molar-refractivity contribution >= 4 is 15.9 Å². The van der Waals surface area contributed by atoms with E-state index in [1.807, 2.05) is 36.5 Å². The topological polar surface area (TPSA) is 75.5 Å². The lowest BCUT2D eigenvalue weighted by atomic mass is 10.1. The Bertz CT molecular complexity index is 1150. The number of hydrogen-bond donors (Lipinski definition) is 0. The summed E-state index contributed by atoms with van der Waals surface area (Å²) in [7, 11) is -1.96. The molecular formula is C23H28N4O3S. The number of aromatic nitrogens is 2. The van der Waals surface area contributed by atoms with E-state index in [1.54, 1.807) is 55.7 Å². The molecule has 0 fully saturated rings. The van der Waals surface area contributed by atoms with Crippen molar-refractivity contribution in [1.29, 1.82) is 0 Å². The second kappa shape index (κ2) is 9.45. The molecule has 0 saturated carbocycles. The quantitative estimate of drug-likeness (QED) is 0.537. The summed E-state index contributed by atoms with van der Waals surface area (Å²) in [5, 5.41) is 4.36. The Hall–Kier alpha value is -2.97. The van der Waals surface area contributed by atoms with E-state index < -0.39 is 10.0 Å². The van der Waals surface area contributed by atoms with Crippen molar-refractivity contribution in [3.05, 3.63) is 77.6 Å². The van der Waals surface area contributed by atoms with Gasteiger partial charge in [-0.2, -0.15) is 9.40 Å². The Morgan fingerprint density at radius 2 is 1.74 bits per heavy atom. The average Bonchev–Trinajstić information content (AvgIpc) is 3.23. The van der Waals surface area contributed by atoms with Gasteiger partial charge in [-0.3, -0.25) is 4.79 Å². The molecule has 0 aliphatic carbocycles. The van der Waals surface area contributed by atoms with Gasteiger partial charge in [0, 0.05) is 44.0 Å². The molecule has 3 rings (SSSR count). The number of benzene rings is 2. The van der Waals surface area contributed by atoms with Gasteiger partial charge in [-0.25, -0.2) is 13.1 Å². The molecule has 31 heavy (non-hydrogen) atoms. The Labute approximate surface area is 184 Å². The second-order valence-electron chi connectivity index (χ2n) is 7.36. The van der Waals surface area contributed by atoms with Crippen molar-refractivity contribution in [3.8, 4) is 5.69 Å². The number of amides is 1. The first-order valence-corrected chi connectivity index (χ1v) is 11.7. The molecule has 0 bridgehead atoms. The van der Waals surface area contributed by atoms with E-state index in [-0.39, 0.29) is 10.8 Å². The van der Waals surface area contributed by atoms with Gasteiger partial charge < -0.3 is 4.90 Å². The number of para-hydroxylation sites is 1. The van der Waals surface area contributed by atoms with Crippen LogP contribution in [-0.4, -0.2) is 53.4 Å². The Kier molecular flexibility index (Phi) is 6.92. The van der Waals surface area contributed by atoms with Gasteiger partial charge in [-0.15, -0.1) is 0 Å². The predicted molar refractivity (Wildman–Crippen MR) is 121 cm³/mol. The second-order valence-corrected chi connectivity index (χ2v) is 9.27. The predicted octanol–water partition coefficient (Wildman–Crippen LogP) is 3.48. The Morgan fingerprint density at radius 3 is 2.39 bits per heavy atom. The zero-order chi connectivity index (χ0) is 22.6. The minimum Gasteiger partial charge on any atom is -0.337 e. The van der Waals surface area contributed by atoms with Gasteiger partial charge in [0.15, 0.2) is 0 Å². The maximum absolute atomic E-state index is 13.0. The molecular weight excluding hydrogens is 412 g/mol. The lowest BCUT2D eigenvalue weighted by Crippen LogP contribution is -2.31. The van der Waals surface area contributed by atoms with Crippen molar-refractivity contribution in [1.82, 2.24) is 19.0 Å². The number of hydrogen-bond acceptors (Lipinski definition) is 4. The van der Waals surface area contributed by atoms with Gasteiger partial charge in [0.25, 0.3) is 5.91 Å². The minimum absolute atomic E-state index is 0.173. The molecule has 8 heteroatoms. The monoisotopic (exact) mass is 440 g/mol. The Morgan fingerprint density at radius 1 is 1.06 bits per heavy atom. The molecule has 0 atom stereocenters. The number of sulfonamides is 1. The largest absolute Gasteiger partial charge is 0.337 e. The number of carbonyl (C=O) groups is 1. The van der Waals surface area contributed by atoms with Gasteiger partial charge in [0.1, 0.15) is 0 Å². The number of aryl methyl sites for hydroxylation is 1. The van der Waals surface area contributed by atoms with E-state index in [2.05, 4.69) is 5.10 Å². The smallest absolute Gasteiger partial charge is 0.253 e. The molecule has 0 saturated heterocycles. The molecule has 3 aromatic rings. The van der Waals surface area contributed by atoms with E-state index in [1.165, 1.54) is 10.4 Å². The molecule has 0 N–H and O–H groups in total. The molecule has 1 heterocycles. The fraction of sp³-hybridized carbons (Fsp3) is 0.304. The SMILES string of the molecule is CCN(CC)S(=O)(=O)c1cc(C(=O)N(C)Cc2cnn(-c3ccccc3)c2)ccc1C. The third-order valence-corrected chi connectivity index (χ3v) is 7.37. The molecule has 0 spiro atoms. The van der Waals surface area contributed by atoms with Gasteiger partial charge in [-0.05, 0) is 36.8 Å². The number of rotatable bonds is 8. The summed E-state index contributed by atoms with van der Waals surface area (Å²) >= 11 is 0. The Balaban J connectivity index is 1.81. The summed E-state index contributed by atoms with van der Waals surface area (Å²) < 4.78 is 29.1. The first kappa shape index (κ1) is 22.7. The van der Waals surface area contributed by atoms with Crippen LogP contribution in [0.5, 0.6) is 0 Å². The lowest BCUT2D eigenvalue weighted by molar-refractivity contribution is 0.0785. The van der Waals surface area contributed by atoms with Crippen LogP contribution in [0, 0.1) is 6.92 Å². The van der Waals surface area contributed by atoms with Crippen LogP contribution in [0.1, 0.15) is 35.3 Å². The van der Waals surface area contributed by atoms with Crippen LogP contribution in [0.15, 0.2) is 65.8 Å². The van der Waals surface area contributed by atoms with E-state index >= 15 is 0 Å². The standard InChI is InChI=1S/C23H28N4O3S/c1-5-26(6-2)31(29,30)22-14-20(13-12-18(22)3)23(28)25(4)16-19-15-24-27(17-19)21-10-8-7-9-11-21/h7-15,17H,5-6,16H2,1-4H3. The third-order valence-electron chi connectivity index (χ3n) is 5.18. The van der Waals surface area contributed by atoms with Crippen LogP contribution < -0.4 is 0 Å². The summed E-state index contributed by atoms with van der Waals surface area (Å²) in [6.45, 7) is 6.46. The van der Waals surface area contributed by atoms with E-state index in [9.17, 15) is 13.2 Å². The van der Waals surface area contributed by atoms with Gasteiger partial charge in [-0.1, -0.05) is 38.1 Å². The summed E-state index contributed by atoms with van der Waals surface area (Å²) in [4.78, 5) is 14.7. The summed E-state index contributed by atoms with van der Waals surface area (Å²) in [5.41, 5.74) is 2.78. The summed E-state index contributed by atoms with van der Waals surface area (Å²) in [6, 6.07) is 14.6. The fourth-order valence-corrected chi connectivity index (χ4v) is 5.15. The van der Waals surface area contributed by atoms with E-state index in [0.29, 0.717) is 30.8 Å². The molecule has 7 nitrogen and oxygen atoms in total. The van der Waals surface area contributed by atoms with Crippen LogP contribution in [0.2, 0.25) is 0 Å². The zero-order valence-electron chi connectivity index (χ0n) is 18.3. The van der Waals surface area contributed by atoms with E-state index in [4.69, 9.17) is 0 Å². The van der Waals surface area contributed by atoms with Crippen molar-refractivity contribution in [2.24, 2.45) is 0 Å². The molecule has 0 aliphatic rings. The fourth-order valence-electron chi connectivity index (χ4n) is 3.44. The number of nitrogens with zero attached hydrogens (tertiary/aromatic N) is 4. The highest BCUT2D eigenvalue weighted by Gasteiger charge is 2.25. The molecule has 0 aliphatic heterocycles. The molecule has 0 unspecified atom stereocenters. The van der Waals surface area contributed by atoms with Crippen LogP contribution in [0.3, 0.4) is 0 Å². The lowest BCUT2D eigenvalue weighted by Gasteiger charge is -2.21.